The summed E-state index contributed by atoms with van der Waals surface area (Å²) in [6.07, 6.45) is 2.68. The second-order valence-corrected chi connectivity index (χ2v) is 6.59. The van der Waals surface area contributed by atoms with Gasteiger partial charge >= 0.3 is 0 Å². The van der Waals surface area contributed by atoms with E-state index in [1.165, 1.54) is 6.20 Å². The number of benzene rings is 1. The Morgan fingerprint density at radius 2 is 2.00 bits per heavy atom. The van der Waals surface area contributed by atoms with Crippen LogP contribution < -0.4 is 10.5 Å². The molecule has 5 nitrogen and oxygen atoms in total. The van der Waals surface area contributed by atoms with Crippen LogP contribution in [0.4, 0.5) is 5.69 Å². The molecule has 1 aromatic carbocycles. The first-order chi connectivity index (χ1) is 11.0. The number of hydrogen-bond donors (Lipinski definition) is 1. The fourth-order valence-corrected chi connectivity index (χ4v) is 3.20. The van der Waals surface area contributed by atoms with Gasteiger partial charge in [-0.15, -0.1) is 0 Å². The Bertz CT molecular complexity index is 794. The van der Waals surface area contributed by atoms with Crippen molar-refractivity contribution < 1.29 is 5.11 Å². The highest BCUT2D eigenvalue weighted by Gasteiger charge is 2.20. The average molecular weight is 375 g/mol. The molecule has 0 saturated carbocycles. The molecular weight excluding hydrogens is 361 g/mol. The average Bonchev–Trinajstić information content (AvgIpc) is 2.53. The number of aliphatic hydroxyl groups excluding tert-OH is 1. The first kappa shape index (κ1) is 16.6. The van der Waals surface area contributed by atoms with E-state index in [4.69, 9.17) is 34.8 Å². The van der Waals surface area contributed by atoms with E-state index in [0.29, 0.717) is 17.3 Å². The fourth-order valence-electron chi connectivity index (χ4n) is 2.65. The van der Waals surface area contributed by atoms with Crippen molar-refractivity contribution in [3.8, 4) is 5.69 Å². The summed E-state index contributed by atoms with van der Waals surface area (Å²) < 4.78 is 1.15. The minimum Gasteiger partial charge on any atom is -0.391 e. The molecule has 23 heavy (non-hydrogen) atoms. The van der Waals surface area contributed by atoms with Gasteiger partial charge in [-0.2, -0.15) is 9.78 Å². The van der Waals surface area contributed by atoms with Gasteiger partial charge in [0.2, 0.25) is 0 Å². The second-order valence-electron chi connectivity index (χ2n) is 5.40. The van der Waals surface area contributed by atoms with Gasteiger partial charge in [0, 0.05) is 13.1 Å². The molecule has 1 N–H and O–H groups in total. The van der Waals surface area contributed by atoms with Gasteiger partial charge in [-0.1, -0.05) is 34.8 Å². The maximum absolute atomic E-state index is 12.1. The maximum atomic E-state index is 12.1. The van der Waals surface area contributed by atoms with E-state index < -0.39 is 5.56 Å². The van der Waals surface area contributed by atoms with Crippen LogP contribution in [0.15, 0.2) is 29.2 Å². The van der Waals surface area contributed by atoms with Crippen molar-refractivity contribution in [3.05, 3.63) is 49.8 Å². The zero-order valence-electron chi connectivity index (χ0n) is 12.0. The summed E-state index contributed by atoms with van der Waals surface area (Å²) in [5.74, 6) is 0. The van der Waals surface area contributed by atoms with Gasteiger partial charge in [0.25, 0.3) is 5.56 Å². The molecule has 1 fully saturated rings. The molecule has 1 aliphatic heterocycles. The van der Waals surface area contributed by atoms with Gasteiger partial charge < -0.3 is 10.0 Å². The Morgan fingerprint density at radius 3 is 2.70 bits per heavy atom. The Balaban J connectivity index is 1.97. The molecule has 122 valence electrons. The van der Waals surface area contributed by atoms with E-state index in [1.807, 2.05) is 11.0 Å². The highest BCUT2D eigenvalue weighted by Crippen LogP contribution is 2.30. The molecular formula is C15H14Cl3N3O2. The Morgan fingerprint density at radius 1 is 1.22 bits per heavy atom. The van der Waals surface area contributed by atoms with Gasteiger partial charge in [0.15, 0.2) is 0 Å². The number of hydrogen-bond acceptors (Lipinski definition) is 4. The topological polar surface area (TPSA) is 58.4 Å². The van der Waals surface area contributed by atoms with Gasteiger partial charge in [-0.25, -0.2) is 0 Å². The van der Waals surface area contributed by atoms with E-state index >= 15 is 0 Å². The number of halogens is 3. The number of aromatic nitrogens is 2. The second kappa shape index (κ2) is 6.69. The van der Waals surface area contributed by atoms with E-state index in [1.54, 1.807) is 12.1 Å². The van der Waals surface area contributed by atoms with Crippen molar-refractivity contribution in [2.24, 2.45) is 0 Å². The predicted octanol–water partition coefficient (Wildman–Crippen LogP) is 3.15. The summed E-state index contributed by atoms with van der Waals surface area (Å²) >= 11 is 18.0. The lowest BCUT2D eigenvalue weighted by Gasteiger charge is -2.32. The fraction of sp³-hybridized carbons (Fsp3) is 0.333. The molecule has 1 aromatic heterocycles. The van der Waals surface area contributed by atoms with Crippen LogP contribution in [-0.4, -0.2) is 34.1 Å². The molecule has 0 radical (unpaired) electrons. The summed E-state index contributed by atoms with van der Waals surface area (Å²) in [6, 6.07) is 5.20. The number of aliphatic hydroxyl groups is 1. The van der Waals surface area contributed by atoms with Crippen molar-refractivity contribution in [2.45, 2.75) is 18.9 Å². The molecule has 1 unspecified atom stereocenters. The third kappa shape index (κ3) is 3.33. The lowest BCUT2D eigenvalue weighted by atomic mass is 10.1. The van der Waals surface area contributed by atoms with Gasteiger partial charge in [0.05, 0.1) is 33.7 Å². The molecule has 2 heterocycles. The number of nitrogens with zero attached hydrogens (tertiary/aromatic N) is 3. The third-order valence-electron chi connectivity index (χ3n) is 3.79. The highest BCUT2D eigenvalue weighted by molar-refractivity contribution is 6.41. The molecule has 0 amide bonds. The maximum Gasteiger partial charge on any atom is 0.291 e. The van der Waals surface area contributed by atoms with Crippen LogP contribution in [-0.2, 0) is 0 Å². The molecule has 0 bridgehead atoms. The van der Waals surface area contributed by atoms with Crippen LogP contribution in [0.1, 0.15) is 12.8 Å². The summed E-state index contributed by atoms with van der Waals surface area (Å²) in [7, 11) is 0. The summed E-state index contributed by atoms with van der Waals surface area (Å²) in [6.45, 7) is 1.38. The molecule has 0 spiro atoms. The van der Waals surface area contributed by atoms with Crippen molar-refractivity contribution in [3.63, 3.8) is 0 Å². The smallest absolute Gasteiger partial charge is 0.291 e. The zero-order chi connectivity index (χ0) is 16.6. The van der Waals surface area contributed by atoms with E-state index in [-0.39, 0.29) is 16.1 Å². The summed E-state index contributed by atoms with van der Waals surface area (Å²) in [4.78, 5) is 14.2. The van der Waals surface area contributed by atoms with Crippen molar-refractivity contribution >= 4 is 40.5 Å². The van der Waals surface area contributed by atoms with Gasteiger partial charge in [-0.05, 0) is 31.0 Å². The highest BCUT2D eigenvalue weighted by atomic mass is 35.5. The van der Waals surface area contributed by atoms with Crippen LogP contribution in [0.2, 0.25) is 15.1 Å². The van der Waals surface area contributed by atoms with Crippen molar-refractivity contribution in [1.29, 1.82) is 0 Å². The number of piperidine rings is 1. The minimum atomic E-state index is -0.503. The first-order valence-corrected chi connectivity index (χ1v) is 8.27. The standard InChI is InChI=1S/C15H14Cl3N3O2/c16-11-6-9(21-15(23)14(18)12(17)7-19-21)3-4-13(11)20-5-1-2-10(22)8-20/h3-4,6-7,10,22H,1-2,5,8H2. The molecule has 2 aromatic rings. The first-order valence-electron chi connectivity index (χ1n) is 7.13. The monoisotopic (exact) mass is 373 g/mol. The van der Waals surface area contributed by atoms with Crippen molar-refractivity contribution in [2.75, 3.05) is 18.0 Å². The Hall–Kier alpha value is -1.27. The SMILES string of the molecule is O=c1c(Cl)c(Cl)cnn1-c1ccc(N2CCCC(O)C2)c(Cl)c1. The molecule has 0 aliphatic carbocycles. The summed E-state index contributed by atoms with van der Waals surface area (Å²) in [5.41, 5.74) is 0.818. The predicted molar refractivity (Wildman–Crippen MR) is 92.3 cm³/mol. The normalized spacial score (nSPS) is 18.3. The zero-order valence-corrected chi connectivity index (χ0v) is 14.3. The lowest BCUT2D eigenvalue weighted by Crippen LogP contribution is -2.38. The number of β-amino-alcohol motifs (C(OH)–C–C–N with tert-alkyl or cyclic N) is 1. The Labute approximate surface area is 148 Å². The third-order valence-corrected chi connectivity index (χ3v) is 4.84. The largest absolute Gasteiger partial charge is 0.391 e. The van der Waals surface area contributed by atoms with Crippen LogP contribution in [0.3, 0.4) is 0 Å². The van der Waals surface area contributed by atoms with Crippen LogP contribution in [0.25, 0.3) is 5.69 Å². The number of anilines is 1. The lowest BCUT2D eigenvalue weighted by molar-refractivity contribution is 0.154. The van der Waals surface area contributed by atoms with Crippen LogP contribution in [0.5, 0.6) is 0 Å². The van der Waals surface area contributed by atoms with Crippen molar-refractivity contribution in [1.82, 2.24) is 9.78 Å². The van der Waals surface area contributed by atoms with Gasteiger partial charge in [-0.3, -0.25) is 4.79 Å². The van der Waals surface area contributed by atoms with E-state index in [2.05, 4.69) is 5.10 Å². The molecule has 1 aliphatic rings. The van der Waals surface area contributed by atoms with E-state index in [9.17, 15) is 9.90 Å². The molecule has 3 rings (SSSR count). The van der Waals surface area contributed by atoms with Gasteiger partial charge in [0.1, 0.15) is 5.02 Å². The van der Waals surface area contributed by atoms with Crippen LogP contribution in [0, 0.1) is 0 Å². The summed E-state index contributed by atoms with van der Waals surface area (Å²) in [5, 5.41) is 14.3. The number of rotatable bonds is 2. The van der Waals surface area contributed by atoms with E-state index in [0.717, 1.165) is 29.8 Å². The minimum absolute atomic E-state index is 0.0824. The van der Waals surface area contributed by atoms with Crippen LogP contribution >= 0.6 is 34.8 Å². The molecule has 1 saturated heterocycles. The molecule has 1 atom stereocenters. The Kier molecular flexibility index (Phi) is 4.82. The quantitative estimate of drug-likeness (QED) is 0.877. The molecule has 8 heteroatoms.